The Labute approximate surface area is 176 Å². The molecular weight excluding hydrogens is 376 g/mol. The van der Waals surface area contributed by atoms with Gasteiger partial charge in [-0.2, -0.15) is 0 Å². The number of carbonyl (C=O) groups is 1. The van der Waals surface area contributed by atoms with Crippen molar-refractivity contribution in [3.8, 4) is 17.0 Å². The molecule has 1 atom stereocenters. The lowest BCUT2D eigenvalue weighted by Crippen LogP contribution is -2.44. The minimum absolute atomic E-state index is 0.0702. The third-order valence-corrected chi connectivity index (χ3v) is 5.65. The Balaban J connectivity index is 1.46. The van der Waals surface area contributed by atoms with E-state index in [0.717, 1.165) is 49.8 Å². The molecule has 6 nitrogen and oxygen atoms in total. The molecule has 1 saturated heterocycles. The van der Waals surface area contributed by atoms with E-state index in [1.54, 1.807) is 18.3 Å². The van der Waals surface area contributed by atoms with Crippen molar-refractivity contribution in [3.63, 3.8) is 0 Å². The van der Waals surface area contributed by atoms with Crippen LogP contribution in [0, 0.1) is 0 Å². The highest BCUT2D eigenvalue weighted by molar-refractivity contribution is 5.95. The van der Waals surface area contributed by atoms with Gasteiger partial charge in [-0.25, -0.2) is 4.98 Å². The lowest BCUT2D eigenvalue weighted by atomic mass is 9.95. The van der Waals surface area contributed by atoms with Crippen molar-refractivity contribution < 1.29 is 9.90 Å². The number of aromatic hydroxyl groups is 1. The predicted octanol–water partition coefficient (Wildman–Crippen LogP) is 4.06. The smallest absolute Gasteiger partial charge is 0.254 e. The molecule has 3 aromatic rings. The number of piperidine rings is 1. The Kier molecular flexibility index (Phi) is 5.93. The average Bonchev–Trinajstić information content (AvgIpc) is 2.78. The van der Waals surface area contributed by atoms with Gasteiger partial charge in [0.1, 0.15) is 11.6 Å². The monoisotopic (exact) mass is 402 g/mol. The Morgan fingerprint density at radius 1 is 1.13 bits per heavy atom. The molecule has 4 rings (SSSR count). The second-order valence-corrected chi connectivity index (χ2v) is 7.76. The number of benzene rings is 2. The SMILES string of the molecule is Nc1cncc(-c2ccc(C(=O)N3CCCCC3CCc3cccc(O)c3)cc2)n1. The first-order valence-corrected chi connectivity index (χ1v) is 10.4. The number of hydrogen-bond acceptors (Lipinski definition) is 5. The Morgan fingerprint density at radius 3 is 2.73 bits per heavy atom. The molecule has 154 valence electrons. The third-order valence-electron chi connectivity index (χ3n) is 5.65. The molecule has 0 bridgehead atoms. The lowest BCUT2D eigenvalue weighted by molar-refractivity contribution is 0.0602. The van der Waals surface area contributed by atoms with Crippen LogP contribution in [0.1, 0.15) is 41.6 Å². The van der Waals surface area contributed by atoms with E-state index >= 15 is 0 Å². The molecule has 0 spiro atoms. The number of nitrogens with two attached hydrogens (primary N) is 1. The molecule has 6 heteroatoms. The number of nitrogens with zero attached hydrogens (tertiary/aromatic N) is 3. The Hall–Kier alpha value is -3.41. The Morgan fingerprint density at radius 2 is 1.97 bits per heavy atom. The van der Waals surface area contributed by atoms with E-state index in [0.29, 0.717) is 17.1 Å². The van der Waals surface area contributed by atoms with E-state index in [1.165, 1.54) is 6.20 Å². The quantitative estimate of drug-likeness (QED) is 0.671. The fraction of sp³-hybridized carbons (Fsp3) is 0.292. The van der Waals surface area contributed by atoms with Crippen molar-refractivity contribution in [2.24, 2.45) is 0 Å². The van der Waals surface area contributed by atoms with Crippen LogP contribution in [-0.4, -0.2) is 38.5 Å². The van der Waals surface area contributed by atoms with Crippen LogP contribution < -0.4 is 5.73 Å². The maximum atomic E-state index is 13.2. The topological polar surface area (TPSA) is 92.3 Å². The summed E-state index contributed by atoms with van der Waals surface area (Å²) >= 11 is 0. The fourth-order valence-electron chi connectivity index (χ4n) is 4.08. The van der Waals surface area contributed by atoms with Crippen molar-refractivity contribution in [2.75, 3.05) is 12.3 Å². The summed E-state index contributed by atoms with van der Waals surface area (Å²) in [7, 11) is 0. The van der Waals surface area contributed by atoms with E-state index < -0.39 is 0 Å². The van der Waals surface area contributed by atoms with Gasteiger partial charge in [0.15, 0.2) is 0 Å². The molecule has 30 heavy (non-hydrogen) atoms. The van der Waals surface area contributed by atoms with E-state index in [9.17, 15) is 9.90 Å². The van der Waals surface area contributed by atoms with Crippen molar-refractivity contribution in [3.05, 3.63) is 72.1 Å². The summed E-state index contributed by atoms with van der Waals surface area (Å²) in [6, 6.07) is 15.1. The molecule has 0 radical (unpaired) electrons. The minimum Gasteiger partial charge on any atom is -0.508 e. The van der Waals surface area contributed by atoms with Crippen LogP contribution in [0.2, 0.25) is 0 Å². The Bertz CT molecular complexity index is 1020. The predicted molar refractivity (Wildman–Crippen MR) is 117 cm³/mol. The number of aromatic nitrogens is 2. The average molecular weight is 402 g/mol. The summed E-state index contributed by atoms with van der Waals surface area (Å²) in [6.07, 6.45) is 8.10. The molecular formula is C24H26N4O2. The molecule has 1 aliphatic heterocycles. The second kappa shape index (κ2) is 8.95. The molecule has 1 amide bonds. The fourth-order valence-corrected chi connectivity index (χ4v) is 4.08. The number of amides is 1. The largest absolute Gasteiger partial charge is 0.508 e. The third kappa shape index (κ3) is 4.59. The summed E-state index contributed by atoms with van der Waals surface area (Å²) < 4.78 is 0. The molecule has 1 aromatic heterocycles. The normalized spacial score (nSPS) is 16.4. The molecule has 2 aromatic carbocycles. The molecule has 1 aliphatic rings. The van der Waals surface area contributed by atoms with Crippen molar-refractivity contribution >= 4 is 11.7 Å². The van der Waals surface area contributed by atoms with E-state index in [2.05, 4.69) is 9.97 Å². The van der Waals surface area contributed by atoms with Gasteiger partial charge in [0, 0.05) is 23.7 Å². The zero-order valence-corrected chi connectivity index (χ0v) is 16.9. The summed E-state index contributed by atoms with van der Waals surface area (Å²) in [5.74, 6) is 0.727. The maximum Gasteiger partial charge on any atom is 0.254 e. The van der Waals surface area contributed by atoms with Gasteiger partial charge < -0.3 is 15.7 Å². The lowest BCUT2D eigenvalue weighted by Gasteiger charge is -2.36. The van der Waals surface area contributed by atoms with Gasteiger partial charge in [-0.05, 0) is 61.9 Å². The highest BCUT2D eigenvalue weighted by Gasteiger charge is 2.27. The number of phenolic OH excluding ortho intramolecular Hbond substituents is 1. The number of nitrogen functional groups attached to an aromatic ring is 1. The van der Waals surface area contributed by atoms with Crippen LogP contribution in [0.3, 0.4) is 0 Å². The number of likely N-dealkylation sites (tertiary alicyclic amines) is 1. The summed E-state index contributed by atoms with van der Waals surface area (Å²) in [5, 5.41) is 9.68. The molecule has 2 heterocycles. The number of aryl methyl sites for hydroxylation is 1. The van der Waals surface area contributed by atoms with Crippen LogP contribution >= 0.6 is 0 Å². The summed E-state index contributed by atoms with van der Waals surface area (Å²) in [6.45, 7) is 0.784. The molecule has 0 aliphatic carbocycles. The second-order valence-electron chi connectivity index (χ2n) is 7.76. The van der Waals surface area contributed by atoms with E-state index in [1.807, 2.05) is 41.3 Å². The van der Waals surface area contributed by atoms with Crippen LogP contribution in [-0.2, 0) is 6.42 Å². The summed E-state index contributed by atoms with van der Waals surface area (Å²) in [5.41, 5.74) is 9.07. The standard InChI is InChI=1S/C24H26N4O2/c25-23-16-26-15-22(27-23)18-8-10-19(11-9-18)24(30)28-13-2-1-5-20(28)12-7-17-4-3-6-21(29)14-17/h3-4,6,8-11,14-16,20,29H,1-2,5,7,12-13H2,(H2,25,27). The van der Waals surface area contributed by atoms with Crippen molar-refractivity contribution in [1.82, 2.24) is 14.9 Å². The number of phenols is 1. The molecule has 1 unspecified atom stereocenters. The number of rotatable bonds is 5. The summed E-state index contributed by atoms with van der Waals surface area (Å²) in [4.78, 5) is 23.6. The van der Waals surface area contributed by atoms with Gasteiger partial charge in [0.05, 0.1) is 18.1 Å². The van der Waals surface area contributed by atoms with Crippen LogP contribution in [0.5, 0.6) is 5.75 Å². The van der Waals surface area contributed by atoms with Gasteiger partial charge >= 0.3 is 0 Å². The molecule has 3 N–H and O–H groups in total. The number of carbonyl (C=O) groups excluding carboxylic acids is 1. The first-order valence-electron chi connectivity index (χ1n) is 10.4. The molecule has 1 fully saturated rings. The van der Waals surface area contributed by atoms with Crippen molar-refractivity contribution in [1.29, 1.82) is 0 Å². The van der Waals surface area contributed by atoms with Gasteiger partial charge in [-0.15, -0.1) is 0 Å². The van der Waals surface area contributed by atoms with Crippen LogP contribution in [0.4, 0.5) is 5.82 Å². The van der Waals surface area contributed by atoms with Crippen LogP contribution in [0.15, 0.2) is 60.9 Å². The van der Waals surface area contributed by atoms with Gasteiger partial charge in [-0.3, -0.25) is 9.78 Å². The van der Waals surface area contributed by atoms with Crippen molar-refractivity contribution in [2.45, 2.75) is 38.1 Å². The minimum atomic E-state index is 0.0702. The highest BCUT2D eigenvalue weighted by Crippen LogP contribution is 2.25. The number of anilines is 1. The van der Waals surface area contributed by atoms with Gasteiger partial charge in [0.25, 0.3) is 5.91 Å². The van der Waals surface area contributed by atoms with Gasteiger partial charge in [0.2, 0.25) is 0 Å². The first-order chi connectivity index (χ1) is 14.6. The highest BCUT2D eigenvalue weighted by atomic mass is 16.3. The van der Waals surface area contributed by atoms with E-state index in [-0.39, 0.29) is 17.7 Å². The first kappa shape index (κ1) is 19.9. The van der Waals surface area contributed by atoms with E-state index in [4.69, 9.17) is 5.73 Å². The van der Waals surface area contributed by atoms with Gasteiger partial charge in [-0.1, -0.05) is 24.3 Å². The van der Waals surface area contributed by atoms with Crippen LogP contribution in [0.25, 0.3) is 11.3 Å². The molecule has 0 saturated carbocycles. The number of hydrogen-bond donors (Lipinski definition) is 2. The maximum absolute atomic E-state index is 13.2. The zero-order valence-electron chi connectivity index (χ0n) is 16.9. The zero-order chi connectivity index (χ0) is 20.9.